The predicted molar refractivity (Wildman–Crippen MR) is 52.5 cm³/mol. The summed E-state index contributed by atoms with van der Waals surface area (Å²) < 4.78 is 1.05. The highest BCUT2D eigenvalue weighted by Gasteiger charge is 2.01. The fraction of sp³-hybridized carbons (Fsp3) is 0.111. The summed E-state index contributed by atoms with van der Waals surface area (Å²) in [5, 5.41) is 10.3. The van der Waals surface area contributed by atoms with Gasteiger partial charge >= 0.3 is 0 Å². The van der Waals surface area contributed by atoms with Crippen LogP contribution < -0.4 is 5.90 Å². The van der Waals surface area contributed by atoms with Crippen LogP contribution in [0, 0.1) is 0 Å². The summed E-state index contributed by atoms with van der Waals surface area (Å²) in [7, 11) is 0. The van der Waals surface area contributed by atoms with Gasteiger partial charge in [0.1, 0.15) is 12.4 Å². The molecule has 0 atom stereocenters. The van der Waals surface area contributed by atoms with Crippen molar-refractivity contribution in [1.82, 2.24) is 0 Å². The zero-order valence-corrected chi connectivity index (χ0v) is 7.67. The normalized spacial score (nSPS) is 10.8. The fourth-order valence-electron chi connectivity index (χ4n) is 1.23. The largest absolute Gasteiger partial charge is 0.508 e. The second kappa shape index (κ2) is 3.33. The van der Waals surface area contributed by atoms with Crippen LogP contribution in [0.2, 0.25) is 0 Å². The number of phenolic OH excluding ortho intramolecular Hbond substituents is 1. The Morgan fingerprint density at radius 3 is 3.00 bits per heavy atom. The number of benzene rings is 1. The van der Waals surface area contributed by atoms with Crippen molar-refractivity contribution in [3.63, 3.8) is 0 Å². The molecule has 0 aliphatic heterocycles. The molecule has 0 saturated carbocycles. The van der Waals surface area contributed by atoms with Crippen LogP contribution in [0.4, 0.5) is 0 Å². The van der Waals surface area contributed by atoms with Crippen molar-refractivity contribution in [1.29, 1.82) is 0 Å². The molecule has 3 nitrogen and oxygen atoms in total. The molecule has 0 bridgehead atoms. The molecule has 4 heteroatoms. The number of thiophene rings is 1. The van der Waals surface area contributed by atoms with Crippen molar-refractivity contribution < 1.29 is 9.94 Å². The van der Waals surface area contributed by atoms with Gasteiger partial charge in [0.05, 0.1) is 0 Å². The molecule has 0 spiro atoms. The smallest absolute Gasteiger partial charge is 0.117 e. The van der Waals surface area contributed by atoms with Crippen molar-refractivity contribution in [3.05, 3.63) is 29.1 Å². The third kappa shape index (κ3) is 1.65. The number of hydrogen-bond donors (Lipinski definition) is 2. The molecular formula is C9H9NO2S. The Labute approximate surface area is 79.3 Å². The van der Waals surface area contributed by atoms with E-state index >= 15 is 0 Å². The van der Waals surface area contributed by atoms with Gasteiger partial charge in [-0.25, -0.2) is 5.90 Å². The highest BCUT2D eigenvalue weighted by atomic mass is 32.1. The molecule has 1 heterocycles. The van der Waals surface area contributed by atoms with E-state index in [-0.39, 0.29) is 5.75 Å². The van der Waals surface area contributed by atoms with Crippen molar-refractivity contribution in [3.8, 4) is 5.75 Å². The predicted octanol–water partition coefficient (Wildman–Crippen LogP) is 2.00. The topological polar surface area (TPSA) is 55.5 Å². The van der Waals surface area contributed by atoms with E-state index in [1.54, 1.807) is 23.5 Å². The molecular weight excluding hydrogens is 186 g/mol. The van der Waals surface area contributed by atoms with Crippen molar-refractivity contribution in [2.45, 2.75) is 6.61 Å². The molecule has 0 unspecified atom stereocenters. The third-order valence-corrected chi connectivity index (χ3v) is 2.85. The quantitative estimate of drug-likeness (QED) is 0.720. The van der Waals surface area contributed by atoms with E-state index in [1.807, 2.05) is 12.1 Å². The maximum atomic E-state index is 9.22. The lowest BCUT2D eigenvalue weighted by atomic mass is 10.2. The Morgan fingerprint density at radius 1 is 1.38 bits per heavy atom. The summed E-state index contributed by atoms with van der Waals surface area (Å²) in [6.07, 6.45) is 0. The fourth-order valence-corrected chi connectivity index (χ4v) is 2.25. The number of phenols is 1. The number of aromatic hydroxyl groups is 1. The molecule has 2 aromatic rings. The van der Waals surface area contributed by atoms with Gasteiger partial charge in [0.15, 0.2) is 0 Å². The van der Waals surface area contributed by atoms with E-state index < -0.39 is 0 Å². The molecule has 0 radical (unpaired) electrons. The molecule has 1 aromatic heterocycles. The summed E-state index contributed by atoms with van der Waals surface area (Å²) >= 11 is 1.57. The van der Waals surface area contributed by atoms with Gasteiger partial charge in [0, 0.05) is 9.58 Å². The van der Waals surface area contributed by atoms with E-state index in [0.717, 1.165) is 15.0 Å². The summed E-state index contributed by atoms with van der Waals surface area (Å²) in [5.74, 6) is 5.26. The van der Waals surface area contributed by atoms with Gasteiger partial charge in [-0.05, 0) is 29.7 Å². The van der Waals surface area contributed by atoms with Crippen LogP contribution in [-0.4, -0.2) is 5.11 Å². The molecule has 2 rings (SSSR count). The monoisotopic (exact) mass is 195 g/mol. The first kappa shape index (κ1) is 8.50. The Balaban J connectivity index is 2.49. The lowest BCUT2D eigenvalue weighted by molar-refractivity contribution is 0.126. The second-order valence-corrected chi connectivity index (χ2v) is 3.91. The number of hydrogen-bond acceptors (Lipinski definition) is 4. The van der Waals surface area contributed by atoms with Crippen LogP contribution in [0.3, 0.4) is 0 Å². The van der Waals surface area contributed by atoms with Crippen LogP contribution in [0.5, 0.6) is 5.75 Å². The molecule has 3 N–H and O–H groups in total. The average Bonchev–Trinajstić information content (AvgIpc) is 2.46. The summed E-state index contributed by atoms with van der Waals surface area (Å²) in [5.41, 5.74) is 0. The van der Waals surface area contributed by atoms with E-state index in [0.29, 0.717) is 6.61 Å². The van der Waals surface area contributed by atoms with Gasteiger partial charge in [-0.3, -0.25) is 4.84 Å². The molecule has 0 aliphatic rings. The van der Waals surface area contributed by atoms with Crippen LogP contribution in [0.1, 0.15) is 4.88 Å². The van der Waals surface area contributed by atoms with Gasteiger partial charge in [-0.15, -0.1) is 11.3 Å². The maximum absolute atomic E-state index is 9.22. The first-order chi connectivity index (χ1) is 6.29. The Bertz CT molecular complexity index is 424. The van der Waals surface area contributed by atoms with Gasteiger partial charge in [-0.1, -0.05) is 0 Å². The zero-order valence-electron chi connectivity index (χ0n) is 6.86. The van der Waals surface area contributed by atoms with Crippen molar-refractivity contribution >= 4 is 21.4 Å². The zero-order chi connectivity index (χ0) is 9.26. The van der Waals surface area contributed by atoms with E-state index in [9.17, 15) is 5.11 Å². The second-order valence-electron chi connectivity index (χ2n) is 2.75. The van der Waals surface area contributed by atoms with Gasteiger partial charge in [0.2, 0.25) is 0 Å². The molecule has 1 aromatic carbocycles. The van der Waals surface area contributed by atoms with E-state index in [1.165, 1.54) is 0 Å². The Kier molecular flexibility index (Phi) is 2.18. The Hall–Kier alpha value is -1.10. The molecule has 0 saturated heterocycles. The van der Waals surface area contributed by atoms with Crippen LogP contribution >= 0.6 is 11.3 Å². The maximum Gasteiger partial charge on any atom is 0.117 e. The van der Waals surface area contributed by atoms with Crippen LogP contribution in [0.25, 0.3) is 10.1 Å². The van der Waals surface area contributed by atoms with Crippen LogP contribution in [-0.2, 0) is 11.4 Å². The average molecular weight is 195 g/mol. The van der Waals surface area contributed by atoms with E-state index in [4.69, 9.17) is 5.90 Å². The molecule has 68 valence electrons. The number of fused-ring (bicyclic) bond motifs is 1. The lowest BCUT2D eigenvalue weighted by Crippen LogP contribution is -1.96. The lowest BCUT2D eigenvalue weighted by Gasteiger charge is -1.89. The summed E-state index contributed by atoms with van der Waals surface area (Å²) in [4.78, 5) is 5.59. The van der Waals surface area contributed by atoms with Gasteiger partial charge < -0.3 is 5.11 Å². The SMILES string of the molecule is NOCc1cc2ccc(O)cc2s1. The highest BCUT2D eigenvalue weighted by molar-refractivity contribution is 7.19. The first-order valence-electron chi connectivity index (χ1n) is 3.83. The minimum absolute atomic E-state index is 0.287. The van der Waals surface area contributed by atoms with Gasteiger partial charge in [-0.2, -0.15) is 0 Å². The Morgan fingerprint density at radius 2 is 2.23 bits per heavy atom. The minimum Gasteiger partial charge on any atom is -0.508 e. The number of nitrogens with two attached hydrogens (primary N) is 1. The molecule has 0 aliphatic carbocycles. The van der Waals surface area contributed by atoms with Crippen molar-refractivity contribution in [2.75, 3.05) is 0 Å². The van der Waals surface area contributed by atoms with Crippen LogP contribution in [0.15, 0.2) is 24.3 Å². The standard InChI is InChI=1S/C9H9NO2S/c10-12-5-8-3-6-1-2-7(11)4-9(6)13-8/h1-4,11H,5,10H2. The first-order valence-corrected chi connectivity index (χ1v) is 4.64. The van der Waals surface area contributed by atoms with Crippen molar-refractivity contribution in [2.24, 2.45) is 5.90 Å². The minimum atomic E-state index is 0.287. The molecule has 13 heavy (non-hydrogen) atoms. The summed E-state index contributed by atoms with van der Waals surface area (Å²) in [6, 6.07) is 7.29. The van der Waals surface area contributed by atoms with Gasteiger partial charge in [0.25, 0.3) is 0 Å². The van der Waals surface area contributed by atoms with E-state index in [2.05, 4.69) is 4.84 Å². The third-order valence-electron chi connectivity index (χ3n) is 1.78. The highest BCUT2D eigenvalue weighted by Crippen LogP contribution is 2.28. The summed E-state index contributed by atoms with van der Waals surface area (Å²) in [6.45, 7) is 0.417. The molecule has 0 amide bonds. The number of rotatable bonds is 2. The molecule has 0 fully saturated rings.